The van der Waals surface area contributed by atoms with Crippen molar-refractivity contribution in [3.05, 3.63) is 5.92 Å². The molecular formula is C10H19O2. The van der Waals surface area contributed by atoms with Crippen molar-refractivity contribution < 1.29 is 10.1 Å². The first-order valence-electron chi connectivity index (χ1n) is 5.03. The molecule has 0 heterocycles. The highest BCUT2D eigenvalue weighted by molar-refractivity contribution is 4.91. The average Bonchev–Trinajstić information content (AvgIpc) is 2.14. The second-order valence-electron chi connectivity index (χ2n) is 3.60. The van der Waals surface area contributed by atoms with Gasteiger partial charge in [-0.05, 0) is 31.6 Å². The Labute approximate surface area is 74.9 Å². The summed E-state index contributed by atoms with van der Waals surface area (Å²) in [7, 11) is 0. The number of rotatable bonds is 5. The van der Waals surface area contributed by atoms with E-state index in [2.05, 4.69) is 4.89 Å². The van der Waals surface area contributed by atoms with E-state index in [1.54, 1.807) is 5.92 Å². The van der Waals surface area contributed by atoms with E-state index in [0.717, 1.165) is 6.42 Å². The van der Waals surface area contributed by atoms with Crippen molar-refractivity contribution in [2.24, 2.45) is 0 Å². The molecule has 1 aliphatic rings. The molecule has 1 rings (SSSR count). The van der Waals surface area contributed by atoms with Gasteiger partial charge in [0.1, 0.15) is 0 Å². The summed E-state index contributed by atoms with van der Waals surface area (Å²) in [5, 5.41) is 8.10. The van der Waals surface area contributed by atoms with E-state index in [1.807, 2.05) is 0 Å². The molecule has 2 heteroatoms. The van der Waals surface area contributed by atoms with Crippen LogP contribution in [-0.4, -0.2) is 11.9 Å². The second kappa shape index (κ2) is 6.44. The van der Waals surface area contributed by atoms with Gasteiger partial charge in [0, 0.05) is 0 Å². The summed E-state index contributed by atoms with van der Waals surface area (Å²) in [4.78, 5) is 4.02. The van der Waals surface area contributed by atoms with Crippen LogP contribution in [0, 0.1) is 5.92 Å². The zero-order valence-corrected chi connectivity index (χ0v) is 7.72. The van der Waals surface area contributed by atoms with E-state index >= 15 is 0 Å². The molecule has 0 amide bonds. The third-order valence-electron chi connectivity index (χ3n) is 2.58. The van der Waals surface area contributed by atoms with Crippen LogP contribution in [-0.2, 0) is 4.89 Å². The van der Waals surface area contributed by atoms with Gasteiger partial charge in [-0.1, -0.05) is 25.7 Å². The molecule has 0 aromatic carbocycles. The minimum atomic E-state index is 0.493. The third kappa shape index (κ3) is 4.07. The predicted octanol–water partition coefficient (Wildman–Crippen LogP) is 3.18. The van der Waals surface area contributed by atoms with Crippen LogP contribution < -0.4 is 0 Å². The standard InChI is InChI=1S/C10H19O2/c11-12-9-5-4-8-10-6-2-1-3-7-10/h11H,1-9H2. The maximum atomic E-state index is 8.10. The maximum absolute atomic E-state index is 8.10. The van der Waals surface area contributed by atoms with Crippen molar-refractivity contribution in [3.63, 3.8) is 0 Å². The summed E-state index contributed by atoms with van der Waals surface area (Å²) in [6, 6.07) is 0. The highest BCUT2D eigenvalue weighted by Gasteiger charge is 2.12. The highest BCUT2D eigenvalue weighted by atomic mass is 17.1. The molecule has 1 aliphatic carbocycles. The van der Waals surface area contributed by atoms with Gasteiger partial charge in [0.05, 0.1) is 6.61 Å². The minimum Gasteiger partial charge on any atom is -0.252 e. The van der Waals surface area contributed by atoms with Gasteiger partial charge in [-0.3, -0.25) is 5.26 Å². The summed E-state index contributed by atoms with van der Waals surface area (Å²) in [6.45, 7) is 0.493. The molecule has 0 aromatic heterocycles. The zero-order valence-electron chi connectivity index (χ0n) is 7.72. The lowest BCUT2D eigenvalue weighted by Crippen LogP contribution is -2.04. The van der Waals surface area contributed by atoms with Gasteiger partial charge < -0.3 is 0 Å². The lowest BCUT2D eigenvalue weighted by molar-refractivity contribution is -0.242. The van der Waals surface area contributed by atoms with Crippen LogP contribution in [0.5, 0.6) is 0 Å². The Bertz CT molecular complexity index is 98.0. The molecule has 0 unspecified atom stereocenters. The minimum absolute atomic E-state index is 0.493. The summed E-state index contributed by atoms with van der Waals surface area (Å²) >= 11 is 0. The maximum Gasteiger partial charge on any atom is 0.0819 e. The van der Waals surface area contributed by atoms with Crippen molar-refractivity contribution in [1.82, 2.24) is 0 Å². The van der Waals surface area contributed by atoms with Crippen LogP contribution in [0.2, 0.25) is 0 Å². The first-order chi connectivity index (χ1) is 5.93. The lowest BCUT2D eigenvalue weighted by atomic mass is 9.86. The average molecular weight is 171 g/mol. The molecule has 12 heavy (non-hydrogen) atoms. The first-order valence-corrected chi connectivity index (χ1v) is 5.03. The molecular weight excluding hydrogens is 152 g/mol. The van der Waals surface area contributed by atoms with Crippen molar-refractivity contribution in [1.29, 1.82) is 0 Å². The van der Waals surface area contributed by atoms with Gasteiger partial charge in [-0.25, -0.2) is 4.89 Å². The van der Waals surface area contributed by atoms with Crippen molar-refractivity contribution in [3.8, 4) is 0 Å². The van der Waals surface area contributed by atoms with E-state index in [-0.39, 0.29) is 0 Å². The topological polar surface area (TPSA) is 29.5 Å². The number of hydrogen-bond acceptors (Lipinski definition) is 2. The molecule has 0 bridgehead atoms. The first kappa shape index (κ1) is 10.0. The molecule has 0 aromatic rings. The van der Waals surface area contributed by atoms with Crippen molar-refractivity contribution in [2.45, 2.75) is 51.4 Å². The van der Waals surface area contributed by atoms with Gasteiger partial charge in [-0.15, -0.1) is 0 Å². The summed E-state index contributed by atoms with van der Waals surface area (Å²) in [5.74, 6) is 1.74. The van der Waals surface area contributed by atoms with Crippen LogP contribution >= 0.6 is 0 Å². The molecule has 0 spiro atoms. The summed E-state index contributed by atoms with van der Waals surface area (Å²) in [5.41, 5.74) is 0. The smallest absolute Gasteiger partial charge is 0.0819 e. The van der Waals surface area contributed by atoms with Gasteiger partial charge in [0.25, 0.3) is 0 Å². The molecule has 2 nitrogen and oxygen atoms in total. The molecule has 0 saturated heterocycles. The molecule has 1 N–H and O–H groups in total. The largest absolute Gasteiger partial charge is 0.252 e. The van der Waals surface area contributed by atoms with E-state index in [0.29, 0.717) is 6.61 Å². The SMILES string of the molecule is OOCCCC[C]1CCCCC1. The Morgan fingerprint density at radius 3 is 2.50 bits per heavy atom. The number of unbranched alkanes of at least 4 members (excludes halogenated alkanes) is 1. The lowest BCUT2D eigenvalue weighted by Gasteiger charge is -2.20. The zero-order chi connectivity index (χ0) is 8.65. The van der Waals surface area contributed by atoms with Crippen LogP contribution in [0.15, 0.2) is 0 Å². The second-order valence-corrected chi connectivity index (χ2v) is 3.60. The Morgan fingerprint density at radius 1 is 1.08 bits per heavy atom. The number of hydrogen-bond donors (Lipinski definition) is 1. The van der Waals surface area contributed by atoms with E-state index < -0.39 is 0 Å². The van der Waals surface area contributed by atoms with E-state index in [4.69, 9.17) is 5.26 Å². The van der Waals surface area contributed by atoms with Crippen LogP contribution in [0.25, 0.3) is 0 Å². The van der Waals surface area contributed by atoms with Crippen molar-refractivity contribution >= 4 is 0 Å². The summed E-state index contributed by atoms with van der Waals surface area (Å²) in [6.07, 6.45) is 10.3. The third-order valence-corrected chi connectivity index (χ3v) is 2.58. The summed E-state index contributed by atoms with van der Waals surface area (Å²) < 4.78 is 0. The monoisotopic (exact) mass is 171 g/mol. The fourth-order valence-electron chi connectivity index (χ4n) is 1.84. The van der Waals surface area contributed by atoms with Gasteiger partial charge >= 0.3 is 0 Å². The molecule has 1 fully saturated rings. The van der Waals surface area contributed by atoms with E-state index in [1.165, 1.54) is 44.9 Å². The van der Waals surface area contributed by atoms with Gasteiger partial charge in [0.15, 0.2) is 0 Å². The fourth-order valence-corrected chi connectivity index (χ4v) is 1.84. The van der Waals surface area contributed by atoms with Gasteiger partial charge in [-0.2, -0.15) is 0 Å². The highest BCUT2D eigenvalue weighted by Crippen LogP contribution is 2.29. The van der Waals surface area contributed by atoms with Crippen molar-refractivity contribution in [2.75, 3.05) is 6.61 Å². The normalized spacial score (nSPS) is 19.8. The van der Waals surface area contributed by atoms with Crippen LogP contribution in [0.3, 0.4) is 0 Å². The quantitative estimate of drug-likeness (QED) is 0.391. The molecule has 1 radical (unpaired) electrons. The molecule has 0 aliphatic heterocycles. The molecule has 1 saturated carbocycles. The van der Waals surface area contributed by atoms with Crippen LogP contribution in [0.1, 0.15) is 51.4 Å². The molecule has 0 atom stereocenters. The Kier molecular flexibility index (Phi) is 5.37. The fraction of sp³-hybridized carbons (Fsp3) is 0.900. The van der Waals surface area contributed by atoms with Crippen LogP contribution in [0.4, 0.5) is 0 Å². The Balaban J connectivity index is 1.91. The van der Waals surface area contributed by atoms with E-state index in [9.17, 15) is 0 Å². The Hall–Kier alpha value is -0.0800. The molecule has 71 valence electrons. The Morgan fingerprint density at radius 2 is 1.83 bits per heavy atom. The predicted molar refractivity (Wildman–Crippen MR) is 48.8 cm³/mol. The van der Waals surface area contributed by atoms with Gasteiger partial charge in [0.2, 0.25) is 0 Å².